The van der Waals surface area contributed by atoms with Crippen molar-refractivity contribution in [1.82, 2.24) is 24.5 Å². The minimum Gasteiger partial charge on any atom is -0.383 e. The van der Waals surface area contributed by atoms with Crippen LogP contribution in [0.3, 0.4) is 0 Å². The smallest absolute Gasteiger partial charge is 0.272 e. The molecule has 144 valence electrons. The van der Waals surface area contributed by atoms with Gasteiger partial charge in [-0.3, -0.25) is 14.3 Å². The Kier molecular flexibility index (Phi) is 4.68. The van der Waals surface area contributed by atoms with E-state index in [-0.39, 0.29) is 17.6 Å². The molecule has 1 atom stereocenters. The number of rotatable bonds is 4. The molecule has 0 aliphatic carbocycles. The second-order valence-corrected chi connectivity index (χ2v) is 6.99. The second kappa shape index (κ2) is 7.30. The molecule has 0 spiro atoms. The van der Waals surface area contributed by atoms with Crippen LogP contribution < -0.4 is 5.73 Å². The molecule has 0 unspecified atom stereocenters. The van der Waals surface area contributed by atoms with Crippen LogP contribution >= 0.6 is 0 Å². The summed E-state index contributed by atoms with van der Waals surface area (Å²) in [5, 5.41) is 8.34. The Balaban J connectivity index is 1.53. The summed E-state index contributed by atoms with van der Waals surface area (Å²) in [7, 11) is 1.73. The molecule has 4 rings (SSSR count). The van der Waals surface area contributed by atoms with E-state index < -0.39 is 0 Å². The molecule has 2 N–H and O–H groups in total. The van der Waals surface area contributed by atoms with Gasteiger partial charge in [0.1, 0.15) is 11.5 Å². The number of nitrogens with zero attached hydrogens (tertiary/aromatic N) is 5. The topological polar surface area (TPSA) is 99.0 Å². The van der Waals surface area contributed by atoms with E-state index >= 15 is 0 Å². The fraction of sp³-hybridized carbons (Fsp3) is 0.300. The van der Waals surface area contributed by atoms with Gasteiger partial charge in [0, 0.05) is 32.3 Å². The van der Waals surface area contributed by atoms with Gasteiger partial charge in [-0.05, 0) is 31.0 Å². The largest absolute Gasteiger partial charge is 0.383 e. The molecule has 3 aromatic rings. The number of benzene rings is 1. The zero-order chi connectivity index (χ0) is 19.7. The van der Waals surface area contributed by atoms with Crippen LogP contribution in [0.15, 0.2) is 48.8 Å². The molecule has 1 fully saturated rings. The number of ketones is 1. The van der Waals surface area contributed by atoms with Gasteiger partial charge in [0.25, 0.3) is 5.91 Å². The fourth-order valence-corrected chi connectivity index (χ4v) is 3.66. The minimum atomic E-state index is -0.290. The molecule has 1 aromatic carbocycles. The van der Waals surface area contributed by atoms with E-state index in [4.69, 9.17) is 5.73 Å². The molecule has 0 radical (unpaired) electrons. The number of likely N-dealkylation sites (tertiary alicyclic amines) is 1. The number of Topliss-reactive ketones (excluding diaryl/α,β-unsaturated/α-hetero) is 1. The number of hydrogen-bond donors (Lipinski definition) is 1. The van der Waals surface area contributed by atoms with Crippen LogP contribution in [-0.2, 0) is 7.05 Å². The lowest BCUT2D eigenvalue weighted by Crippen LogP contribution is -2.43. The van der Waals surface area contributed by atoms with Gasteiger partial charge in [0.05, 0.1) is 17.4 Å². The van der Waals surface area contributed by atoms with Gasteiger partial charge in [0.15, 0.2) is 5.78 Å². The number of amides is 1. The van der Waals surface area contributed by atoms with Crippen molar-refractivity contribution < 1.29 is 9.59 Å². The maximum Gasteiger partial charge on any atom is 0.272 e. The van der Waals surface area contributed by atoms with E-state index in [0.717, 1.165) is 18.5 Å². The highest BCUT2D eigenvalue weighted by Gasteiger charge is 2.32. The standard InChI is InChI=1S/C20H22N6O2/c1-24-17(9-10-22-24)20(28)25-11-5-6-14(13-25)18(27)16-12-23-26(19(16)21)15-7-3-2-4-8-15/h2-4,7-10,12,14H,5-6,11,13,21H2,1H3/t14-/m0/s1. The number of para-hydroxylation sites is 1. The molecule has 0 saturated carbocycles. The Morgan fingerprint density at radius 2 is 1.93 bits per heavy atom. The van der Waals surface area contributed by atoms with Crippen molar-refractivity contribution in [2.24, 2.45) is 13.0 Å². The van der Waals surface area contributed by atoms with Crippen molar-refractivity contribution in [3.8, 4) is 5.69 Å². The lowest BCUT2D eigenvalue weighted by Gasteiger charge is -2.31. The number of nitrogen functional groups attached to an aromatic ring is 1. The normalized spacial score (nSPS) is 16.9. The lowest BCUT2D eigenvalue weighted by atomic mass is 9.90. The first kappa shape index (κ1) is 18.0. The highest BCUT2D eigenvalue weighted by molar-refractivity contribution is 6.02. The monoisotopic (exact) mass is 378 g/mol. The molecule has 3 heterocycles. The number of carbonyl (C=O) groups is 2. The Morgan fingerprint density at radius 3 is 2.64 bits per heavy atom. The Labute approximate surface area is 162 Å². The van der Waals surface area contributed by atoms with Crippen LogP contribution in [0.4, 0.5) is 5.82 Å². The van der Waals surface area contributed by atoms with Crippen molar-refractivity contribution in [3.63, 3.8) is 0 Å². The van der Waals surface area contributed by atoms with Gasteiger partial charge in [-0.25, -0.2) is 4.68 Å². The van der Waals surface area contributed by atoms with Crippen LogP contribution in [-0.4, -0.2) is 49.2 Å². The van der Waals surface area contributed by atoms with E-state index in [9.17, 15) is 9.59 Å². The number of aromatic nitrogens is 4. The molecule has 8 nitrogen and oxygen atoms in total. The number of aryl methyl sites for hydroxylation is 1. The molecule has 2 aromatic heterocycles. The molecule has 1 amide bonds. The van der Waals surface area contributed by atoms with Crippen LogP contribution in [0.25, 0.3) is 5.69 Å². The summed E-state index contributed by atoms with van der Waals surface area (Å²) in [5.41, 5.74) is 7.95. The third-order valence-corrected chi connectivity index (χ3v) is 5.19. The zero-order valence-corrected chi connectivity index (χ0v) is 15.7. The maximum atomic E-state index is 13.1. The molecule has 8 heteroatoms. The number of anilines is 1. The second-order valence-electron chi connectivity index (χ2n) is 6.99. The van der Waals surface area contributed by atoms with E-state index in [1.165, 1.54) is 6.20 Å². The molecule has 1 saturated heterocycles. The molecule has 1 aliphatic rings. The van der Waals surface area contributed by atoms with E-state index in [2.05, 4.69) is 10.2 Å². The number of piperidine rings is 1. The maximum absolute atomic E-state index is 13.1. The van der Waals surface area contributed by atoms with E-state index in [1.807, 2.05) is 30.3 Å². The van der Waals surface area contributed by atoms with Gasteiger partial charge >= 0.3 is 0 Å². The summed E-state index contributed by atoms with van der Waals surface area (Å²) in [6.07, 6.45) is 4.61. The van der Waals surface area contributed by atoms with Crippen molar-refractivity contribution in [2.45, 2.75) is 12.8 Å². The van der Waals surface area contributed by atoms with Crippen LogP contribution in [0.5, 0.6) is 0 Å². The van der Waals surface area contributed by atoms with Crippen LogP contribution in [0.1, 0.15) is 33.7 Å². The summed E-state index contributed by atoms with van der Waals surface area (Å²) < 4.78 is 3.12. The molecular weight excluding hydrogens is 356 g/mol. The quantitative estimate of drug-likeness (QED) is 0.699. The third kappa shape index (κ3) is 3.17. The van der Waals surface area contributed by atoms with Crippen LogP contribution in [0, 0.1) is 5.92 Å². The highest BCUT2D eigenvalue weighted by Crippen LogP contribution is 2.26. The molecular formula is C20H22N6O2. The summed E-state index contributed by atoms with van der Waals surface area (Å²) in [4.78, 5) is 27.6. The zero-order valence-electron chi connectivity index (χ0n) is 15.7. The first-order valence-corrected chi connectivity index (χ1v) is 9.26. The van der Waals surface area contributed by atoms with Crippen molar-refractivity contribution in [3.05, 3.63) is 60.0 Å². The van der Waals surface area contributed by atoms with Crippen molar-refractivity contribution >= 4 is 17.5 Å². The van der Waals surface area contributed by atoms with Gasteiger partial charge in [0.2, 0.25) is 0 Å². The van der Waals surface area contributed by atoms with E-state index in [1.54, 1.807) is 33.6 Å². The Morgan fingerprint density at radius 1 is 1.14 bits per heavy atom. The predicted molar refractivity (Wildman–Crippen MR) is 104 cm³/mol. The Hall–Kier alpha value is -3.42. The molecule has 0 bridgehead atoms. The summed E-state index contributed by atoms with van der Waals surface area (Å²) in [6.45, 7) is 1.01. The fourth-order valence-electron chi connectivity index (χ4n) is 3.66. The number of carbonyl (C=O) groups excluding carboxylic acids is 2. The Bertz CT molecular complexity index is 1010. The van der Waals surface area contributed by atoms with Gasteiger partial charge in [-0.2, -0.15) is 10.2 Å². The van der Waals surface area contributed by atoms with Gasteiger partial charge in [-0.1, -0.05) is 18.2 Å². The van der Waals surface area contributed by atoms with Gasteiger partial charge < -0.3 is 10.6 Å². The molecule has 28 heavy (non-hydrogen) atoms. The van der Waals surface area contributed by atoms with Crippen molar-refractivity contribution in [1.29, 1.82) is 0 Å². The average molecular weight is 378 g/mol. The molecule has 1 aliphatic heterocycles. The predicted octanol–water partition coefficient (Wildman–Crippen LogP) is 1.92. The minimum absolute atomic E-state index is 0.0674. The summed E-state index contributed by atoms with van der Waals surface area (Å²) in [6, 6.07) is 11.1. The van der Waals surface area contributed by atoms with Crippen LogP contribution in [0.2, 0.25) is 0 Å². The third-order valence-electron chi connectivity index (χ3n) is 5.19. The highest BCUT2D eigenvalue weighted by atomic mass is 16.2. The average Bonchev–Trinajstić information content (AvgIpc) is 3.33. The number of nitrogens with two attached hydrogens (primary N) is 1. The first-order chi connectivity index (χ1) is 13.6. The SMILES string of the molecule is Cn1nccc1C(=O)N1CCC[C@H](C(=O)c2cnn(-c3ccccc3)c2N)C1. The summed E-state index contributed by atoms with van der Waals surface area (Å²) >= 11 is 0. The van der Waals surface area contributed by atoms with Crippen molar-refractivity contribution in [2.75, 3.05) is 18.8 Å². The lowest BCUT2D eigenvalue weighted by molar-refractivity contribution is 0.0628. The van der Waals surface area contributed by atoms with E-state index in [0.29, 0.717) is 30.2 Å². The first-order valence-electron chi connectivity index (χ1n) is 9.26. The summed E-state index contributed by atoms with van der Waals surface area (Å²) in [5.74, 6) is -0.138. The van der Waals surface area contributed by atoms with Gasteiger partial charge in [-0.15, -0.1) is 0 Å². The number of hydrogen-bond acceptors (Lipinski definition) is 5.